The second kappa shape index (κ2) is 33.4. The lowest BCUT2D eigenvalue weighted by atomic mass is 9.97. The number of hydrogen-bond acceptors (Lipinski definition) is 11. The van der Waals surface area contributed by atoms with Gasteiger partial charge in [-0.15, -0.1) is 0 Å². The zero-order valence-electron chi connectivity index (χ0n) is 45.4. The Hall–Kier alpha value is -5.30. The van der Waals surface area contributed by atoms with Gasteiger partial charge in [0, 0.05) is 6.42 Å². The first-order valence-corrected chi connectivity index (χ1v) is 26.5. The van der Waals surface area contributed by atoms with Crippen LogP contribution in [0.3, 0.4) is 0 Å². The van der Waals surface area contributed by atoms with E-state index in [1.165, 1.54) is 0 Å². The van der Waals surface area contributed by atoms with Crippen LogP contribution in [-0.2, 0) is 52.7 Å². The summed E-state index contributed by atoms with van der Waals surface area (Å²) in [4.78, 5) is 137. The maximum absolute atomic E-state index is 14.3. The standard InChI is InChI=1S/C52H92N8O12/c1-13-34(12)45-52(71)72-35(21-19-17-15-14-16-18-20-29(2)3)27-42(62)54-36(22-23-41(53)61)46(65)55-37(24-30(4)5)47(66)56-38(25-31(6)7)49(68)59-44(33(10)11)51(70)58-40(28-43(63)64)48(67)57-39(26-32(8)9)50(69)60-45/h29-40,44-45H,13-28H2,1-12H3,(H2,53,61)(H,54,62)(H,55,65)(H,56,66)(H,57,67)(H,58,70)(H,59,68)(H,60,69)(H,63,64). The highest BCUT2D eigenvalue weighted by atomic mass is 16.5. The fraction of sp³-hybridized carbons (Fsp3) is 0.808. The van der Waals surface area contributed by atoms with Gasteiger partial charge in [-0.05, 0) is 74.0 Å². The number of cyclic esters (lactones) is 1. The molecule has 1 fully saturated rings. The molecule has 0 aromatic carbocycles. The minimum atomic E-state index is -1.72. The summed E-state index contributed by atoms with van der Waals surface area (Å²) < 4.78 is 6.07. The number of carboxylic acids is 1. The summed E-state index contributed by atoms with van der Waals surface area (Å²) in [6.45, 7) is 22.0. The molecule has 1 saturated heterocycles. The van der Waals surface area contributed by atoms with Crippen molar-refractivity contribution in [1.82, 2.24) is 37.2 Å². The maximum Gasteiger partial charge on any atom is 0.329 e. The van der Waals surface area contributed by atoms with Gasteiger partial charge in [0.1, 0.15) is 48.4 Å². The summed E-state index contributed by atoms with van der Waals surface area (Å²) in [6.07, 6.45) is 4.64. The molecule has 0 saturated carbocycles. The molecule has 0 radical (unpaired) electrons. The molecule has 1 rings (SSSR count). The molecule has 8 amide bonds. The van der Waals surface area contributed by atoms with Crippen molar-refractivity contribution >= 4 is 59.2 Å². The van der Waals surface area contributed by atoms with E-state index in [9.17, 15) is 53.1 Å². The van der Waals surface area contributed by atoms with Gasteiger partial charge in [0.15, 0.2) is 0 Å². The van der Waals surface area contributed by atoms with Crippen LogP contribution >= 0.6 is 0 Å². The number of nitrogens with one attached hydrogen (secondary N) is 7. The highest BCUT2D eigenvalue weighted by Crippen LogP contribution is 2.20. The Bertz CT molecular complexity index is 1790. The Morgan fingerprint density at radius 2 is 0.972 bits per heavy atom. The molecule has 0 spiro atoms. The number of aliphatic carboxylic acids is 1. The Balaban J connectivity index is 3.99. The lowest BCUT2D eigenvalue weighted by Crippen LogP contribution is -2.61. The van der Waals surface area contributed by atoms with Crippen molar-refractivity contribution in [2.45, 2.75) is 234 Å². The summed E-state index contributed by atoms with van der Waals surface area (Å²) in [5.74, 6) is -9.80. The van der Waals surface area contributed by atoms with E-state index in [2.05, 4.69) is 51.1 Å². The van der Waals surface area contributed by atoms with Crippen LogP contribution in [0.25, 0.3) is 0 Å². The fourth-order valence-electron chi connectivity index (χ4n) is 8.37. The number of carbonyl (C=O) groups excluding carboxylic acids is 9. The van der Waals surface area contributed by atoms with E-state index in [4.69, 9.17) is 10.5 Å². The van der Waals surface area contributed by atoms with Crippen LogP contribution in [0.1, 0.15) is 186 Å². The van der Waals surface area contributed by atoms with Crippen LogP contribution in [0, 0.1) is 35.5 Å². The molecule has 1 heterocycles. The number of rotatable bonds is 23. The van der Waals surface area contributed by atoms with E-state index in [0.717, 1.165) is 38.5 Å². The zero-order chi connectivity index (χ0) is 54.8. The van der Waals surface area contributed by atoms with Crippen LogP contribution in [0.4, 0.5) is 0 Å². The minimum Gasteiger partial charge on any atom is -0.481 e. The number of unbranched alkanes of at least 4 members (excludes halogenated alkanes) is 5. The topological polar surface area (TPSA) is 310 Å². The average molecular weight is 1020 g/mol. The molecule has 9 atom stereocenters. The van der Waals surface area contributed by atoms with E-state index in [1.54, 1.807) is 41.5 Å². The van der Waals surface area contributed by atoms with Crippen LogP contribution in [-0.4, -0.2) is 113 Å². The first kappa shape index (κ1) is 64.7. The van der Waals surface area contributed by atoms with E-state index in [-0.39, 0.29) is 56.3 Å². The first-order chi connectivity index (χ1) is 33.6. The average Bonchev–Trinajstić information content (AvgIpc) is 3.26. The van der Waals surface area contributed by atoms with Crippen molar-refractivity contribution < 1.29 is 57.8 Å². The van der Waals surface area contributed by atoms with E-state index < -0.39 is 132 Å². The highest BCUT2D eigenvalue weighted by molar-refractivity contribution is 5.98. The first-order valence-electron chi connectivity index (χ1n) is 26.5. The van der Waals surface area contributed by atoms with Crippen molar-refractivity contribution in [3.8, 4) is 0 Å². The third-order valence-corrected chi connectivity index (χ3v) is 12.6. The molecular formula is C52H92N8O12. The summed E-state index contributed by atoms with van der Waals surface area (Å²) in [6, 6.07) is -9.49. The van der Waals surface area contributed by atoms with Crippen molar-refractivity contribution in [2.75, 3.05) is 0 Å². The summed E-state index contributed by atoms with van der Waals surface area (Å²) >= 11 is 0. The van der Waals surface area contributed by atoms with E-state index in [1.807, 2.05) is 27.7 Å². The number of nitrogens with two attached hydrogens (primary N) is 1. The molecule has 0 aromatic heterocycles. The van der Waals surface area contributed by atoms with Crippen molar-refractivity contribution in [2.24, 2.45) is 41.2 Å². The number of amides is 8. The Morgan fingerprint density at radius 1 is 0.542 bits per heavy atom. The molecule has 0 bridgehead atoms. The molecule has 72 heavy (non-hydrogen) atoms. The lowest BCUT2D eigenvalue weighted by Gasteiger charge is -2.30. The maximum atomic E-state index is 14.3. The van der Waals surface area contributed by atoms with Crippen molar-refractivity contribution in [1.29, 1.82) is 0 Å². The summed E-state index contributed by atoms with van der Waals surface area (Å²) in [7, 11) is 0. The molecule has 1 aliphatic rings. The number of primary amides is 1. The number of esters is 1. The van der Waals surface area contributed by atoms with Gasteiger partial charge >= 0.3 is 11.9 Å². The second-order valence-electron chi connectivity index (χ2n) is 21.8. The number of ether oxygens (including phenoxy) is 1. The van der Waals surface area contributed by atoms with E-state index in [0.29, 0.717) is 18.8 Å². The van der Waals surface area contributed by atoms with Gasteiger partial charge in [0.05, 0.1) is 12.8 Å². The second-order valence-corrected chi connectivity index (χ2v) is 21.8. The number of hydrogen-bond donors (Lipinski definition) is 9. The van der Waals surface area contributed by atoms with Crippen LogP contribution in [0.15, 0.2) is 0 Å². The Labute approximate surface area is 428 Å². The lowest BCUT2D eigenvalue weighted by molar-refractivity contribution is -0.156. The van der Waals surface area contributed by atoms with Gasteiger partial charge in [0.2, 0.25) is 47.3 Å². The van der Waals surface area contributed by atoms with Crippen molar-refractivity contribution in [3.05, 3.63) is 0 Å². The Kier molecular flexibility index (Phi) is 30.0. The molecule has 1 aliphatic heterocycles. The quantitative estimate of drug-likeness (QED) is 0.0517. The normalized spacial score (nSPS) is 24.6. The molecule has 0 aromatic rings. The molecular weight excluding hydrogens is 929 g/mol. The largest absolute Gasteiger partial charge is 0.481 e. The van der Waals surface area contributed by atoms with Crippen molar-refractivity contribution in [3.63, 3.8) is 0 Å². The van der Waals surface area contributed by atoms with Crippen LogP contribution < -0.4 is 43.0 Å². The minimum absolute atomic E-state index is 0.0456. The van der Waals surface area contributed by atoms with Gasteiger partial charge in [-0.2, -0.15) is 0 Å². The fourth-order valence-corrected chi connectivity index (χ4v) is 8.37. The molecule has 412 valence electrons. The highest BCUT2D eigenvalue weighted by Gasteiger charge is 2.38. The molecule has 20 nitrogen and oxygen atoms in total. The van der Waals surface area contributed by atoms with E-state index >= 15 is 0 Å². The molecule has 9 unspecified atom stereocenters. The number of carbonyl (C=O) groups is 10. The van der Waals surface area contributed by atoms with Gasteiger partial charge in [0.25, 0.3) is 0 Å². The summed E-state index contributed by atoms with van der Waals surface area (Å²) in [5.41, 5.74) is 5.49. The molecule has 10 N–H and O–H groups in total. The predicted octanol–water partition coefficient (Wildman–Crippen LogP) is 4.05. The SMILES string of the molecule is CCC(C)C1NC(=O)C(CC(C)C)NC(=O)C(CC(=O)O)NC(=O)C(C(C)C)NC(=O)C(CC(C)C)NC(=O)C(CC(C)C)NC(=O)C(CCC(N)=O)NC(=O)CC(CCCCCCCCC(C)C)OC1=O. The van der Waals surface area contributed by atoms with Crippen LogP contribution in [0.2, 0.25) is 0 Å². The monoisotopic (exact) mass is 1020 g/mol. The predicted molar refractivity (Wildman–Crippen MR) is 273 cm³/mol. The van der Waals surface area contributed by atoms with Gasteiger partial charge in [-0.25, -0.2) is 4.79 Å². The van der Waals surface area contributed by atoms with Gasteiger partial charge < -0.3 is 52.8 Å². The Morgan fingerprint density at radius 3 is 1.42 bits per heavy atom. The van der Waals surface area contributed by atoms with Gasteiger partial charge in [-0.1, -0.05) is 128 Å². The van der Waals surface area contributed by atoms with Gasteiger partial charge in [-0.3, -0.25) is 43.2 Å². The molecule has 20 heteroatoms. The smallest absolute Gasteiger partial charge is 0.329 e. The number of carboxylic acid groups (broad SMARTS) is 1. The third kappa shape index (κ3) is 25.9. The van der Waals surface area contributed by atoms with Crippen LogP contribution in [0.5, 0.6) is 0 Å². The molecule has 0 aliphatic carbocycles. The zero-order valence-corrected chi connectivity index (χ0v) is 45.4. The third-order valence-electron chi connectivity index (χ3n) is 12.6. The summed E-state index contributed by atoms with van der Waals surface area (Å²) in [5, 5.41) is 28.4.